The molecule has 0 saturated heterocycles. The zero-order valence-corrected chi connectivity index (χ0v) is 13.6. The van der Waals surface area contributed by atoms with Crippen molar-refractivity contribution >= 4 is 5.91 Å². The zero-order valence-electron chi connectivity index (χ0n) is 13.6. The molecule has 1 fully saturated rings. The van der Waals surface area contributed by atoms with Gasteiger partial charge < -0.3 is 10.6 Å². The minimum atomic E-state index is -0.305. The Morgan fingerprint density at radius 2 is 1.84 bits per heavy atom. The summed E-state index contributed by atoms with van der Waals surface area (Å²) in [6, 6.07) is 0.225. The summed E-state index contributed by atoms with van der Waals surface area (Å²) in [5, 5.41) is 0. The van der Waals surface area contributed by atoms with Crippen LogP contribution in [0.15, 0.2) is 0 Å². The number of nitrogens with zero attached hydrogens (tertiary/aromatic N) is 1. The quantitative estimate of drug-likeness (QED) is 0.855. The van der Waals surface area contributed by atoms with Gasteiger partial charge in [-0.25, -0.2) is 0 Å². The van der Waals surface area contributed by atoms with E-state index in [2.05, 4.69) is 34.6 Å². The Morgan fingerprint density at radius 1 is 1.37 bits per heavy atom. The molecule has 0 aliphatic heterocycles. The molecule has 1 aliphatic rings. The smallest absolute Gasteiger partial charge is 0.230 e. The third-order valence-corrected chi connectivity index (χ3v) is 5.23. The second-order valence-electron chi connectivity index (χ2n) is 7.63. The fourth-order valence-corrected chi connectivity index (χ4v) is 2.95. The Hall–Kier alpha value is -0.570. The summed E-state index contributed by atoms with van der Waals surface area (Å²) < 4.78 is 0. The molecule has 3 nitrogen and oxygen atoms in total. The molecule has 2 N–H and O–H groups in total. The number of rotatable bonds is 3. The van der Waals surface area contributed by atoms with Crippen molar-refractivity contribution in [2.24, 2.45) is 22.5 Å². The first-order valence-corrected chi connectivity index (χ1v) is 7.61. The molecule has 112 valence electrons. The van der Waals surface area contributed by atoms with Crippen LogP contribution >= 0.6 is 0 Å². The van der Waals surface area contributed by atoms with Gasteiger partial charge in [-0.05, 0) is 43.9 Å². The Kier molecular flexibility index (Phi) is 5.05. The summed E-state index contributed by atoms with van der Waals surface area (Å²) in [6.07, 6.45) is 4.15. The van der Waals surface area contributed by atoms with Crippen LogP contribution in [0.5, 0.6) is 0 Å². The van der Waals surface area contributed by atoms with Crippen LogP contribution in [0.1, 0.15) is 60.3 Å². The first kappa shape index (κ1) is 16.5. The highest BCUT2D eigenvalue weighted by molar-refractivity contribution is 5.83. The van der Waals surface area contributed by atoms with Crippen molar-refractivity contribution in [1.82, 2.24) is 4.90 Å². The summed E-state index contributed by atoms with van der Waals surface area (Å²) in [6.45, 7) is 11.4. The van der Waals surface area contributed by atoms with E-state index in [0.717, 1.165) is 31.6 Å². The molecular formula is C16H32N2O. The zero-order chi connectivity index (χ0) is 14.8. The van der Waals surface area contributed by atoms with Crippen LogP contribution in [0.4, 0.5) is 0 Å². The lowest BCUT2D eigenvalue weighted by atomic mass is 9.69. The predicted molar refractivity (Wildman–Crippen MR) is 80.8 cm³/mol. The first-order valence-electron chi connectivity index (χ1n) is 7.61. The number of carbonyl (C=O) groups excluding carboxylic acids is 1. The topological polar surface area (TPSA) is 46.3 Å². The van der Waals surface area contributed by atoms with E-state index in [-0.39, 0.29) is 22.8 Å². The molecule has 0 aromatic carbocycles. The van der Waals surface area contributed by atoms with Gasteiger partial charge in [-0.3, -0.25) is 4.79 Å². The summed E-state index contributed by atoms with van der Waals surface area (Å²) in [5.41, 5.74) is 5.78. The van der Waals surface area contributed by atoms with E-state index in [1.807, 2.05) is 11.9 Å². The summed E-state index contributed by atoms with van der Waals surface area (Å²) >= 11 is 0. The van der Waals surface area contributed by atoms with Crippen molar-refractivity contribution in [1.29, 1.82) is 0 Å². The lowest BCUT2D eigenvalue weighted by Gasteiger charge is -2.44. The van der Waals surface area contributed by atoms with Crippen LogP contribution in [0.3, 0.4) is 0 Å². The molecular weight excluding hydrogens is 236 g/mol. The minimum absolute atomic E-state index is 0.0994. The molecule has 1 atom stereocenters. The standard InChI is InChI=1S/C16H32N2O/c1-12-7-9-16(11-17,10-8-12)14(19)18(6)13(2)15(3,4)5/h12-13H,7-11,17H2,1-6H3. The van der Waals surface area contributed by atoms with Gasteiger partial charge in [-0.2, -0.15) is 0 Å². The van der Waals surface area contributed by atoms with Gasteiger partial charge >= 0.3 is 0 Å². The number of nitrogens with two attached hydrogens (primary N) is 1. The highest BCUT2D eigenvalue weighted by Gasteiger charge is 2.43. The average molecular weight is 268 g/mol. The third-order valence-electron chi connectivity index (χ3n) is 5.23. The van der Waals surface area contributed by atoms with Crippen LogP contribution in [0, 0.1) is 16.7 Å². The number of carbonyl (C=O) groups is 1. The average Bonchev–Trinajstić information content (AvgIpc) is 2.36. The van der Waals surface area contributed by atoms with Crippen LogP contribution in [-0.2, 0) is 4.79 Å². The van der Waals surface area contributed by atoms with Crippen LogP contribution in [0.25, 0.3) is 0 Å². The molecule has 1 aliphatic carbocycles. The lowest BCUT2D eigenvalue weighted by Crippen LogP contribution is -2.53. The molecule has 1 amide bonds. The van der Waals surface area contributed by atoms with Gasteiger partial charge in [-0.1, -0.05) is 27.7 Å². The summed E-state index contributed by atoms with van der Waals surface area (Å²) in [7, 11) is 1.94. The Morgan fingerprint density at radius 3 is 2.21 bits per heavy atom. The van der Waals surface area contributed by atoms with Crippen LogP contribution < -0.4 is 5.73 Å². The molecule has 1 rings (SSSR count). The van der Waals surface area contributed by atoms with E-state index in [1.165, 1.54) is 0 Å². The van der Waals surface area contributed by atoms with E-state index < -0.39 is 0 Å². The van der Waals surface area contributed by atoms with Crippen molar-refractivity contribution in [2.45, 2.75) is 66.3 Å². The van der Waals surface area contributed by atoms with E-state index in [4.69, 9.17) is 5.73 Å². The Bertz CT molecular complexity index is 311. The lowest BCUT2D eigenvalue weighted by molar-refractivity contribution is -0.146. The number of amides is 1. The molecule has 1 unspecified atom stereocenters. The van der Waals surface area contributed by atoms with Crippen LogP contribution in [-0.4, -0.2) is 30.4 Å². The molecule has 0 aromatic heterocycles. The van der Waals surface area contributed by atoms with Crippen molar-refractivity contribution < 1.29 is 4.79 Å². The van der Waals surface area contributed by atoms with Crippen molar-refractivity contribution in [3.8, 4) is 0 Å². The van der Waals surface area contributed by atoms with Gasteiger partial charge in [0.1, 0.15) is 0 Å². The molecule has 0 bridgehead atoms. The summed E-state index contributed by atoms with van der Waals surface area (Å²) in [4.78, 5) is 14.8. The fraction of sp³-hybridized carbons (Fsp3) is 0.938. The van der Waals surface area contributed by atoms with Crippen molar-refractivity contribution in [2.75, 3.05) is 13.6 Å². The van der Waals surface area contributed by atoms with E-state index in [9.17, 15) is 4.79 Å². The maximum Gasteiger partial charge on any atom is 0.230 e. The van der Waals surface area contributed by atoms with Gasteiger partial charge in [0.05, 0.1) is 5.41 Å². The molecule has 0 aromatic rings. The van der Waals surface area contributed by atoms with Gasteiger partial charge in [-0.15, -0.1) is 0 Å². The van der Waals surface area contributed by atoms with Crippen molar-refractivity contribution in [3.63, 3.8) is 0 Å². The Balaban J connectivity index is 2.84. The van der Waals surface area contributed by atoms with Gasteiger partial charge in [0, 0.05) is 19.6 Å². The maximum atomic E-state index is 12.9. The highest BCUT2D eigenvalue weighted by atomic mass is 16.2. The number of hydrogen-bond acceptors (Lipinski definition) is 2. The summed E-state index contributed by atoms with van der Waals surface area (Å²) in [5.74, 6) is 0.988. The fourth-order valence-electron chi connectivity index (χ4n) is 2.95. The second-order valence-corrected chi connectivity index (χ2v) is 7.63. The molecule has 19 heavy (non-hydrogen) atoms. The van der Waals surface area contributed by atoms with E-state index in [1.54, 1.807) is 0 Å². The van der Waals surface area contributed by atoms with E-state index >= 15 is 0 Å². The highest BCUT2D eigenvalue weighted by Crippen LogP contribution is 2.40. The normalized spacial score (nSPS) is 29.9. The second kappa shape index (κ2) is 5.82. The molecule has 0 heterocycles. The molecule has 1 saturated carbocycles. The minimum Gasteiger partial charge on any atom is -0.342 e. The van der Waals surface area contributed by atoms with Gasteiger partial charge in [0.15, 0.2) is 0 Å². The van der Waals surface area contributed by atoms with E-state index in [0.29, 0.717) is 6.54 Å². The Labute approximate surface area is 118 Å². The van der Waals surface area contributed by atoms with Crippen LogP contribution in [0.2, 0.25) is 0 Å². The first-order chi connectivity index (χ1) is 8.64. The molecule has 0 radical (unpaired) electrons. The van der Waals surface area contributed by atoms with Gasteiger partial charge in [0.2, 0.25) is 5.91 Å². The van der Waals surface area contributed by atoms with Crippen molar-refractivity contribution in [3.05, 3.63) is 0 Å². The van der Waals surface area contributed by atoms with Gasteiger partial charge in [0.25, 0.3) is 0 Å². The molecule has 0 spiro atoms. The molecule has 3 heteroatoms. The maximum absolute atomic E-state index is 12.9. The number of hydrogen-bond donors (Lipinski definition) is 1. The monoisotopic (exact) mass is 268 g/mol. The third kappa shape index (κ3) is 3.50. The predicted octanol–water partition coefficient (Wildman–Crippen LogP) is 3.03. The SMILES string of the molecule is CC1CCC(CN)(C(=O)N(C)C(C)C(C)(C)C)CC1. The largest absolute Gasteiger partial charge is 0.342 e.